The Morgan fingerprint density at radius 3 is 1.00 bits per heavy atom. The predicted molar refractivity (Wildman–Crippen MR) is 168 cm³/mol. The summed E-state index contributed by atoms with van der Waals surface area (Å²) in [6.07, 6.45) is 14.0. The summed E-state index contributed by atoms with van der Waals surface area (Å²) in [6, 6.07) is 2.53. The van der Waals surface area contributed by atoms with Gasteiger partial charge in [0, 0.05) is 0 Å². The van der Waals surface area contributed by atoms with Crippen LogP contribution in [0.1, 0.15) is 119 Å². The van der Waals surface area contributed by atoms with E-state index in [4.69, 9.17) is 18.9 Å². The Bertz CT molecular complexity index is 360. The van der Waals surface area contributed by atoms with Gasteiger partial charge in [-0.05, 0) is 57.1 Å². The second-order valence-electron chi connectivity index (χ2n) is 9.32. The van der Waals surface area contributed by atoms with Crippen molar-refractivity contribution in [3.05, 3.63) is 0 Å². The molecule has 0 aliphatic carbocycles. The van der Waals surface area contributed by atoms with Crippen LogP contribution in [0.3, 0.4) is 0 Å². The first-order chi connectivity index (χ1) is 17.1. The van der Waals surface area contributed by atoms with Crippen LogP contribution in [0.5, 0.6) is 0 Å². The largest absolute Gasteiger partial charge is 0.345 e. The molecule has 212 valence electrons. The molecule has 0 aromatic carbocycles. The third kappa shape index (κ3) is 19.1. The Morgan fingerprint density at radius 2 is 0.743 bits per heavy atom. The summed E-state index contributed by atoms with van der Waals surface area (Å²) in [5.74, 6) is 0. The minimum atomic E-state index is -0.557. The SMILES string of the molecule is CCCCOC(OCCCC)([SiH2]CCCC)SSSC(OCCCC)(OCCCC)[SiH2]CCCC. The van der Waals surface area contributed by atoms with Crippen LogP contribution >= 0.6 is 31.4 Å². The zero-order valence-electron chi connectivity index (χ0n) is 24.0. The van der Waals surface area contributed by atoms with E-state index in [9.17, 15) is 0 Å². The van der Waals surface area contributed by atoms with Crippen molar-refractivity contribution in [2.45, 2.75) is 140 Å². The van der Waals surface area contributed by atoms with Gasteiger partial charge in [0.1, 0.15) is 19.0 Å². The smallest absolute Gasteiger partial charge is 0.200 e. The lowest BCUT2D eigenvalue weighted by molar-refractivity contribution is -0.118. The van der Waals surface area contributed by atoms with Gasteiger partial charge in [-0.3, -0.25) is 0 Å². The highest BCUT2D eigenvalue weighted by atomic mass is 33.5. The molecule has 0 aromatic heterocycles. The topological polar surface area (TPSA) is 36.9 Å². The standard InChI is InChI=1S/C26H58O4S3Si2/c1-7-13-19-27-25(28-20-14-8-2,34-23-17-11-5)31-33-32-26(29-21-15-9-3,30-22-16-10-4)35-24-18-12-6/h7-24,34-35H2,1-6H3. The molecular weight excluding hydrogens is 529 g/mol. The zero-order valence-corrected chi connectivity index (χ0v) is 29.3. The van der Waals surface area contributed by atoms with Crippen molar-refractivity contribution in [1.82, 2.24) is 0 Å². The van der Waals surface area contributed by atoms with Crippen LogP contribution in [0.15, 0.2) is 0 Å². The summed E-state index contributed by atoms with van der Waals surface area (Å²) in [5.41, 5.74) is 0. The maximum absolute atomic E-state index is 6.57. The molecular formula is C26H58O4S3Si2. The Labute approximate surface area is 235 Å². The number of ether oxygens (including phenoxy) is 4. The van der Waals surface area contributed by atoms with Crippen LogP contribution in [0.25, 0.3) is 0 Å². The highest BCUT2D eigenvalue weighted by Gasteiger charge is 2.38. The minimum absolute atomic E-state index is 0.444. The van der Waals surface area contributed by atoms with Crippen LogP contribution in [-0.4, -0.2) is 55.0 Å². The van der Waals surface area contributed by atoms with Crippen LogP contribution in [0, 0.1) is 0 Å². The van der Waals surface area contributed by atoms with Gasteiger partial charge in [-0.1, -0.05) is 105 Å². The molecule has 0 saturated heterocycles. The molecule has 0 radical (unpaired) electrons. The maximum atomic E-state index is 6.57. The van der Waals surface area contributed by atoms with E-state index < -0.39 is 28.5 Å². The molecule has 0 amide bonds. The fraction of sp³-hybridized carbons (Fsp3) is 1.00. The van der Waals surface area contributed by atoms with E-state index in [0.29, 0.717) is 0 Å². The highest BCUT2D eigenvalue weighted by molar-refractivity contribution is 9.10. The minimum Gasteiger partial charge on any atom is -0.345 e. The van der Waals surface area contributed by atoms with Crippen LogP contribution < -0.4 is 0 Å². The number of hydrogen-bond acceptors (Lipinski definition) is 7. The van der Waals surface area contributed by atoms with Crippen molar-refractivity contribution < 1.29 is 18.9 Å². The highest BCUT2D eigenvalue weighted by Crippen LogP contribution is 2.51. The maximum Gasteiger partial charge on any atom is 0.200 e. The van der Waals surface area contributed by atoms with Crippen LogP contribution in [-0.2, 0) is 18.9 Å². The predicted octanol–water partition coefficient (Wildman–Crippen LogP) is 8.28. The summed E-state index contributed by atoms with van der Waals surface area (Å²) in [5, 5.41) is 0. The Morgan fingerprint density at radius 1 is 0.457 bits per heavy atom. The molecule has 0 fully saturated rings. The molecule has 4 nitrogen and oxygen atoms in total. The molecule has 0 N–H and O–H groups in total. The normalized spacial score (nSPS) is 13.2. The number of rotatable bonds is 28. The van der Waals surface area contributed by atoms with E-state index in [1.807, 2.05) is 31.4 Å². The van der Waals surface area contributed by atoms with E-state index in [-0.39, 0.29) is 0 Å². The third-order valence-electron chi connectivity index (χ3n) is 5.77. The van der Waals surface area contributed by atoms with Gasteiger partial charge in [0.15, 0.2) is 0 Å². The van der Waals surface area contributed by atoms with Gasteiger partial charge in [0.2, 0.25) is 9.48 Å². The summed E-state index contributed by atoms with van der Waals surface area (Å²) < 4.78 is 25.4. The van der Waals surface area contributed by atoms with Crippen LogP contribution in [0.4, 0.5) is 0 Å². The average molecular weight is 587 g/mol. The lowest BCUT2D eigenvalue weighted by atomic mass is 10.4. The fourth-order valence-electron chi connectivity index (χ4n) is 3.34. The van der Waals surface area contributed by atoms with Crippen molar-refractivity contribution in [2.75, 3.05) is 26.4 Å². The van der Waals surface area contributed by atoms with Gasteiger partial charge >= 0.3 is 0 Å². The molecule has 0 atom stereocenters. The van der Waals surface area contributed by atoms with E-state index >= 15 is 0 Å². The average Bonchev–Trinajstić information content (AvgIpc) is 2.85. The Balaban J connectivity index is 5.49. The summed E-state index contributed by atoms with van der Waals surface area (Å²) >= 11 is 0. The zero-order chi connectivity index (χ0) is 26.1. The lowest BCUT2D eigenvalue weighted by Gasteiger charge is -2.36. The van der Waals surface area contributed by atoms with Crippen molar-refractivity contribution in [3.63, 3.8) is 0 Å². The van der Waals surface area contributed by atoms with E-state index in [1.54, 1.807) is 0 Å². The molecule has 0 aromatic rings. The first-order valence-corrected chi connectivity index (χ1v) is 21.6. The molecule has 0 spiro atoms. The van der Waals surface area contributed by atoms with Gasteiger partial charge in [-0.25, -0.2) is 0 Å². The molecule has 0 unspecified atom stereocenters. The fourth-order valence-corrected chi connectivity index (χ4v) is 16.7. The molecule has 0 bridgehead atoms. The molecule has 0 heterocycles. The number of hydrogen-bond donors (Lipinski definition) is 0. The van der Waals surface area contributed by atoms with Crippen molar-refractivity contribution in [1.29, 1.82) is 0 Å². The van der Waals surface area contributed by atoms with Gasteiger partial charge in [0.05, 0.1) is 26.4 Å². The van der Waals surface area contributed by atoms with Crippen molar-refractivity contribution >= 4 is 50.5 Å². The second kappa shape index (κ2) is 25.6. The number of unbranched alkanes of at least 4 members (excludes halogenated alkanes) is 6. The quantitative estimate of drug-likeness (QED) is 0.0395. The van der Waals surface area contributed by atoms with Gasteiger partial charge in [-0.15, -0.1) is 0 Å². The summed E-state index contributed by atoms with van der Waals surface area (Å²) in [7, 11) is 4.35. The lowest BCUT2D eigenvalue weighted by Crippen LogP contribution is -2.40. The molecule has 0 rings (SSSR count). The van der Waals surface area contributed by atoms with E-state index in [0.717, 1.165) is 77.8 Å². The summed E-state index contributed by atoms with van der Waals surface area (Å²) in [4.78, 5) is 0. The monoisotopic (exact) mass is 586 g/mol. The molecule has 0 saturated carbocycles. The Kier molecular flexibility index (Phi) is 26.6. The first kappa shape index (κ1) is 36.3. The molecule has 35 heavy (non-hydrogen) atoms. The molecule has 0 aliphatic rings. The van der Waals surface area contributed by atoms with Gasteiger partial charge in [-0.2, -0.15) is 0 Å². The third-order valence-corrected chi connectivity index (χ3v) is 17.1. The first-order valence-electron chi connectivity index (χ1n) is 14.7. The van der Waals surface area contributed by atoms with Gasteiger partial charge in [0.25, 0.3) is 0 Å². The van der Waals surface area contributed by atoms with Crippen molar-refractivity contribution in [2.24, 2.45) is 0 Å². The van der Waals surface area contributed by atoms with E-state index in [1.165, 1.54) is 37.8 Å². The van der Waals surface area contributed by atoms with Gasteiger partial charge < -0.3 is 18.9 Å². The molecule has 9 heteroatoms. The van der Waals surface area contributed by atoms with Crippen molar-refractivity contribution in [3.8, 4) is 0 Å². The molecule has 0 aliphatic heterocycles. The summed E-state index contributed by atoms with van der Waals surface area (Å²) in [6.45, 7) is 16.6. The second-order valence-corrected chi connectivity index (χ2v) is 19.0. The Hall–Kier alpha value is 1.32. The van der Waals surface area contributed by atoms with E-state index in [2.05, 4.69) is 41.5 Å². The van der Waals surface area contributed by atoms with Crippen LogP contribution in [0.2, 0.25) is 12.1 Å².